The van der Waals surface area contributed by atoms with Crippen LogP contribution in [0.1, 0.15) is 21.5 Å². The lowest BCUT2D eigenvalue weighted by Gasteiger charge is -2.09. The zero-order valence-electron chi connectivity index (χ0n) is 15.7. The number of hydrogen-bond acceptors (Lipinski definition) is 3. The van der Waals surface area contributed by atoms with Crippen LogP contribution in [-0.2, 0) is 13.2 Å². The van der Waals surface area contributed by atoms with E-state index in [1.807, 2.05) is 66.9 Å². The lowest BCUT2D eigenvalue weighted by atomic mass is 10.2. The summed E-state index contributed by atoms with van der Waals surface area (Å²) in [5.74, 6) is 1.58. The van der Waals surface area contributed by atoms with Crippen LogP contribution >= 0.6 is 0 Å². The van der Waals surface area contributed by atoms with Crippen molar-refractivity contribution in [2.75, 3.05) is 7.11 Å². The quantitative estimate of drug-likeness (QED) is 0.425. The molecule has 4 aromatic rings. The summed E-state index contributed by atoms with van der Waals surface area (Å²) < 4.78 is 13.2. The third-order valence-corrected chi connectivity index (χ3v) is 4.77. The van der Waals surface area contributed by atoms with Gasteiger partial charge in [0.25, 0.3) is 0 Å². The number of hydrogen-bond donors (Lipinski definition) is 0. The summed E-state index contributed by atoms with van der Waals surface area (Å²) in [5, 5.41) is 0.900. The first-order valence-corrected chi connectivity index (χ1v) is 9.14. The fourth-order valence-corrected chi connectivity index (χ4v) is 3.28. The molecule has 4 nitrogen and oxygen atoms in total. The second-order valence-corrected chi connectivity index (χ2v) is 6.63. The minimum atomic E-state index is 0.549. The van der Waals surface area contributed by atoms with Gasteiger partial charge in [-0.15, -0.1) is 0 Å². The number of fused-ring (bicyclic) bond motifs is 1. The van der Waals surface area contributed by atoms with Crippen LogP contribution in [0.4, 0.5) is 0 Å². The molecule has 1 heterocycles. The number of carbonyl (C=O) groups excluding carboxylic acids is 1. The number of methoxy groups -OCH3 is 1. The minimum Gasteiger partial charge on any atom is -0.497 e. The van der Waals surface area contributed by atoms with E-state index in [2.05, 4.69) is 16.7 Å². The Hall–Kier alpha value is -3.53. The Morgan fingerprint density at radius 2 is 1.64 bits per heavy atom. The molecule has 28 heavy (non-hydrogen) atoms. The topological polar surface area (TPSA) is 40.5 Å². The van der Waals surface area contributed by atoms with E-state index < -0.39 is 0 Å². The van der Waals surface area contributed by atoms with E-state index in [1.54, 1.807) is 7.11 Å². The second kappa shape index (κ2) is 8.01. The number of aromatic nitrogens is 1. The molecule has 3 aromatic carbocycles. The second-order valence-electron chi connectivity index (χ2n) is 6.63. The molecule has 0 radical (unpaired) electrons. The zero-order chi connectivity index (χ0) is 19.3. The average Bonchev–Trinajstić information content (AvgIpc) is 3.10. The van der Waals surface area contributed by atoms with Crippen LogP contribution < -0.4 is 9.47 Å². The Bertz CT molecular complexity index is 1080. The fraction of sp³-hybridized carbons (Fsp3) is 0.125. The standard InChI is InChI=1S/C24H21NO3/c1-27-22-11-12-24-23(13-22)20(16-26)15-25(24)14-18-7-9-21(10-8-18)28-17-19-5-3-2-4-6-19/h2-13,15-16H,14,17H2,1H3. The van der Waals surface area contributed by atoms with E-state index in [-0.39, 0.29) is 0 Å². The van der Waals surface area contributed by atoms with Crippen LogP contribution in [0.5, 0.6) is 11.5 Å². The van der Waals surface area contributed by atoms with Gasteiger partial charge in [-0.25, -0.2) is 0 Å². The molecule has 0 amide bonds. The molecular formula is C24H21NO3. The van der Waals surface area contributed by atoms with E-state index in [0.717, 1.165) is 39.8 Å². The normalized spacial score (nSPS) is 10.8. The highest BCUT2D eigenvalue weighted by Crippen LogP contribution is 2.26. The average molecular weight is 371 g/mol. The van der Waals surface area contributed by atoms with Gasteiger partial charge in [-0.3, -0.25) is 4.79 Å². The van der Waals surface area contributed by atoms with Crippen LogP contribution in [0.15, 0.2) is 79.0 Å². The van der Waals surface area contributed by atoms with Crippen molar-refractivity contribution in [1.29, 1.82) is 0 Å². The van der Waals surface area contributed by atoms with Crippen molar-refractivity contribution >= 4 is 17.2 Å². The van der Waals surface area contributed by atoms with Crippen LogP contribution in [0.25, 0.3) is 10.9 Å². The Kier molecular flexibility index (Phi) is 5.11. The van der Waals surface area contributed by atoms with Crippen molar-refractivity contribution in [3.63, 3.8) is 0 Å². The highest BCUT2D eigenvalue weighted by atomic mass is 16.5. The summed E-state index contributed by atoms with van der Waals surface area (Å²) in [5.41, 5.74) is 3.95. The van der Waals surface area contributed by atoms with E-state index >= 15 is 0 Å². The fourth-order valence-electron chi connectivity index (χ4n) is 3.28. The Balaban J connectivity index is 1.50. The van der Waals surface area contributed by atoms with Crippen molar-refractivity contribution in [2.24, 2.45) is 0 Å². The van der Waals surface area contributed by atoms with Gasteiger partial charge >= 0.3 is 0 Å². The molecule has 4 rings (SSSR count). The lowest BCUT2D eigenvalue weighted by molar-refractivity contribution is 0.112. The van der Waals surface area contributed by atoms with Crippen molar-refractivity contribution in [3.05, 3.63) is 95.7 Å². The molecule has 0 spiro atoms. The molecule has 0 unspecified atom stereocenters. The summed E-state index contributed by atoms with van der Waals surface area (Å²) in [6, 6.07) is 24.0. The van der Waals surface area contributed by atoms with Crippen molar-refractivity contribution in [2.45, 2.75) is 13.2 Å². The minimum absolute atomic E-state index is 0.549. The summed E-state index contributed by atoms with van der Waals surface area (Å²) in [4.78, 5) is 11.4. The first-order chi connectivity index (χ1) is 13.8. The first-order valence-electron chi connectivity index (χ1n) is 9.14. The van der Waals surface area contributed by atoms with Crippen molar-refractivity contribution < 1.29 is 14.3 Å². The van der Waals surface area contributed by atoms with E-state index in [0.29, 0.717) is 18.7 Å². The molecule has 0 fully saturated rings. The van der Waals surface area contributed by atoms with Gasteiger partial charge < -0.3 is 14.0 Å². The van der Waals surface area contributed by atoms with Crippen molar-refractivity contribution in [3.8, 4) is 11.5 Å². The van der Waals surface area contributed by atoms with E-state index in [4.69, 9.17) is 9.47 Å². The maximum Gasteiger partial charge on any atom is 0.152 e. The zero-order valence-corrected chi connectivity index (χ0v) is 15.7. The van der Waals surface area contributed by atoms with Gasteiger partial charge in [-0.2, -0.15) is 0 Å². The van der Waals surface area contributed by atoms with E-state index in [9.17, 15) is 4.79 Å². The van der Waals surface area contributed by atoms with Gasteiger partial charge in [0.1, 0.15) is 18.1 Å². The molecule has 4 heteroatoms. The van der Waals surface area contributed by atoms with Crippen LogP contribution in [0.3, 0.4) is 0 Å². The number of ether oxygens (including phenoxy) is 2. The Morgan fingerprint density at radius 1 is 0.893 bits per heavy atom. The molecule has 140 valence electrons. The van der Waals surface area contributed by atoms with Crippen molar-refractivity contribution in [1.82, 2.24) is 4.57 Å². The third kappa shape index (κ3) is 3.76. The monoisotopic (exact) mass is 371 g/mol. The molecule has 0 bridgehead atoms. The van der Waals surface area contributed by atoms with Gasteiger partial charge in [0, 0.05) is 29.2 Å². The summed E-state index contributed by atoms with van der Waals surface area (Å²) in [6.07, 6.45) is 2.77. The van der Waals surface area contributed by atoms with Gasteiger partial charge in [-0.1, -0.05) is 42.5 Å². The SMILES string of the molecule is COc1ccc2c(c1)c(C=O)cn2Cc1ccc(OCc2ccccc2)cc1. The third-order valence-electron chi connectivity index (χ3n) is 4.77. The van der Waals surface area contributed by atoms with Crippen LogP contribution in [0, 0.1) is 0 Å². The molecule has 0 N–H and O–H groups in total. The summed E-state index contributed by atoms with van der Waals surface area (Å²) >= 11 is 0. The highest BCUT2D eigenvalue weighted by molar-refractivity contribution is 5.98. The van der Waals surface area contributed by atoms with E-state index in [1.165, 1.54) is 0 Å². The van der Waals surface area contributed by atoms with Crippen LogP contribution in [-0.4, -0.2) is 18.0 Å². The van der Waals surface area contributed by atoms with Gasteiger partial charge in [-0.05, 0) is 41.5 Å². The van der Waals surface area contributed by atoms with Gasteiger partial charge in [0.05, 0.1) is 7.11 Å². The molecule has 0 atom stereocenters. The molecule has 0 saturated carbocycles. The maximum absolute atomic E-state index is 11.4. The summed E-state index contributed by atoms with van der Waals surface area (Å²) in [6.45, 7) is 1.22. The molecule has 0 aliphatic heterocycles. The molecular weight excluding hydrogens is 350 g/mol. The number of carbonyl (C=O) groups is 1. The van der Waals surface area contributed by atoms with Gasteiger partial charge in [0.2, 0.25) is 0 Å². The predicted octanol–water partition coefficient (Wildman–Crippen LogP) is 5.09. The Morgan fingerprint density at radius 3 is 2.36 bits per heavy atom. The number of aldehydes is 1. The lowest BCUT2D eigenvalue weighted by Crippen LogP contribution is -1.99. The van der Waals surface area contributed by atoms with Crippen LogP contribution in [0.2, 0.25) is 0 Å². The number of nitrogens with zero attached hydrogens (tertiary/aromatic N) is 1. The maximum atomic E-state index is 11.4. The predicted molar refractivity (Wildman–Crippen MR) is 110 cm³/mol. The van der Waals surface area contributed by atoms with Gasteiger partial charge in [0.15, 0.2) is 6.29 Å². The highest BCUT2D eigenvalue weighted by Gasteiger charge is 2.10. The molecule has 0 saturated heterocycles. The summed E-state index contributed by atoms with van der Waals surface area (Å²) in [7, 11) is 1.63. The molecule has 0 aliphatic carbocycles. The smallest absolute Gasteiger partial charge is 0.152 e. The first kappa shape index (κ1) is 17.9. The molecule has 0 aliphatic rings. The molecule has 1 aromatic heterocycles. The number of rotatable bonds is 7. The largest absolute Gasteiger partial charge is 0.497 e. The Labute approximate surface area is 163 Å². The number of benzene rings is 3.